The molecule has 1 aromatic rings. The fraction of sp³-hybridized carbons (Fsp3) is 0.591. The average molecular weight is 415 g/mol. The zero-order chi connectivity index (χ0) is 21.5. The van der Waals surface area contributed by atoms with Crippen molar-refractivity contribution in [3.63, 3.8) is 0 Å². The van der Waals surface area contributed by atoms with Gasteiger partial charge in [0.15, 0.2) is 5.82 Å². The van der Waals surface area contributed by atoms with Crippen molar-refractivity contribution >= 4 is 11.6 Å². The first-order valence-electron chi connectivity index (χ1n) is 10.5. The summed E-state index contributed by atoms with van der Waals surface area (Å²) in [5.41, 5.74) is -0.223. The van der Waals surface area contributed by atoms with Gasteiger partial charge in [-0.2, -0.15) is 10.5 Å². The number of nitriles is 2. The predicted octanol–water partition coefficient (Wildman–Crippen LogP) is 2.94. The molecule has 0 unspecified atom stereocenters. The second kappa shape index (κ2) is 10.4. The number of nitrogens with zero attached hydrogens (tertiary/aromatic N) is 4. The highest BCUT2D eigenvalue weighted by Crippen LogP contribution is 2.28. The summed E-state index contributed by atoms with van der Waals surface area (Å²) >= 11 is 0. The third-order valence-electron chi connectivity index (χ3n) is 6.20. The summed E-state index contributed by atoms with van der Waals surface area (Å²) in [4.78, 5) is 15.8. The lowest BCUT2D eigenvalue weighted by molar-refractivity contribution is -0.121. The van der Waals surface area contributed by atoms with E-state index in [-0.39, 0.29) is 18.4 Å². The van der Waals surface area contributed by atoms with Crippen LogP contribution in [0, 0.1) is 40.2 Å². The molecule has 0 spiro atoms. The van der Waals surface area contributed by atoms with Crippen molar-refractivity contribution in [3.8, 4) is 12.1 Å². The van der Waals surface area contributed by atoms with Crippen LogP contribution in [0.15, 0.2) is 12.1 Å². The normalized spacial score (nSPS) is 22.2. The van der Waals surface area contributed by atoms with Crippen LogP contribution in [0.1, 0.15) is 44.1 Å². The summed E-state index contributed by atoms with van der Waals surface area (Å²) in [6.07, 6.45) is 5.10. The number of rotatable bonds is 6. The quantitative estimate of drug-likeness (QED) is 0.772. The minimum absolute atomic E-state index is 0.0778. The maximum atomic E-state index is 14.4. The molecule has 1 saturated heterocycles. The van der Waals surface area contributed by atoms with Gasteiger partial charge in [0.25, 0.3) is 0 Å². The molecule has 30 heavy (non-hydrogen) atoms. The molecule has 1 heterocycles. The Kier molecular flexibility index (Phi) is 7.59. The van der Waals surface area contributed by atoms with Crippen LogP contribution in [-0.2, 0) is 4.79 Å². The lowest BCUT2D eigenvalue weighted by atomic mass is 9.84. The number of anilines is 1. The van der Waals surface area contributed by atoms with E-state index in [1.54, 1.807) is 6.07 Å². The molecule has 1 saturated carbocycles. The summed E-state index contributed by atoms with van der Waals surface area (Å²) in [5.74, 6) is -1.14. The van der Waals surface area contributed by atoms with Crippen molar-refractivity contribution in [3.05, 3.63) is 29.3 Å². The molecule has 0 radical (unpaired) electrons. The van der Waals surface area contributed by atoms with Crippen molar-refractivity contribution in [1.82, 2.24) is 10.2 Å². The Balaban J connectivity index is 1.40. The van der Waals surface area contributed by atoms with Gasteiger partial charge in [-0.25, -0.2) is 8.78 Å². The van der Waals surface area contributed by atoms with Crippen molar-refractivity contribution in [1.29, 1.82) is 10.5 Å². The molecule has 8 heteroatoms. The standard InChI is InChI=1S/C22H27F2N5O/c23-19-5-6-20(22(24)18(19)15-26)29-13-11-28(12-14-29)10-8-16-1-3-17(4-2-16)27-21(30)7-9-25/h5-6,16-17H,1-4,7-8,10-14H2,(H,27,30)/t16-,17-. The molecule has 3 rings (SSSR count). The average Bonchev–Trinajstić information content (AvgIpc) is 2.74. The predicted molar refractivity (Wildman–Crippen MR) is 108 cm³/mol. The van der Waals surface area contributed by atoms with E-state index in [0.717, 1.165) is 57.8 Å². The number of carbonyl (C=O) groups is 1. The zero-order valence-corrected chi connectivity index (χ0v) is 17.0. The Bertz CT molecular complexity index is 831. The highest BCUT2D eigenvalue weighted by atomic mass is 19.1. The molecular formula is C22H27F2N5O. The molecule has 0 atom stereocenters. The molecular weight excluding hydrogens is 388 g/mol. The minimum Gasteiger partial charge on any atom is -0.367 e. The number of halogens is 2. The Hall–Kier alpha value is -2.71. The molecule has 6 nitrogen and oxygen atoms in total. The van der Waals surface area contributed by atoms with E-state index in [1.807, 2.05) is 11.0 Å². The highest BCUT2D eigenvalue weighted by Gasteiger charge is 2.25. The van der Waals surface area contributed by atoms with E-state index >= 15 is 0 Å². The third-order valence-corrected chi connectivity index (χ3v) is 6.20. The fourth-order valence-electron chi connectivity index (χ4n) is 4.41. The number of carbonyl (C=O) groups excluding carboxylic acids is 1. The Morgan fingerprint density at radius 3 is 2.43 bits per heavy atom. The molecule has 0 bridgehead atoms. The molecule has 1 aliphatic carbocycles. The maximum Gasteiger partial charge on any atom is 0.234 e. The molecule has 2 fully saturated rings. The van der Waals surface area contributed by atoms with E-state index in [0.29, 0.717) is 24.7 Å². The molecule has 1 N–H and O–H groups in total. The molecule has 2 aliphatic rings. The van der Waals surface area contributed by atoms with E-state index < -0.39 is 17.2 Å². The number of benzene rings is 1. The van der Waals surface area contributed by atoms with Gasteiger partial charge in [0.05, 0.1) is 11.8 Å². The van der Waals surface area contributed by atoms with Crippen LogP contribution in [-0.4, -0.2) is 49.6 Å². The number of amides is 1. The zero-order valence-electron chi connectivity index (χ0n) is 17.0. The second-order valence-electron chi connectivity index (χ2n) is 8.10. The highest BCUT2D eigenvalue weighted by molar-refractivity contribution is 5.78. The van der Waals surface area contributed by atoms with Crippen LogP contribution in [0.25, 0.3) is 0 Å². The lowest BCUT2D eigenvalue weighted by Gasteiger charge is -2.37. The van der Waals surface area contributed by atoms with Gasteiger partial charge in [0, 0.05) is 32.2 Å². The van der Waals surface area contributed by atoms with Gasteiger partial charge in [-0.05, 0) is 56.7 Å². The summed E-state index contributed by atoms with van der Waals surface area (Å²) < 4.78 is 27.9. The van der Waals surface area contributed by atoms with Gasteiger partial charge in [-0.3, -0.25) is 9.69 Å². The van der Waals surface area contributed by atoms with E-state index in [2.05, 4.69) is 10.2 Å². The first kappa shape index (κ1) is 22.0. The number of hydrogen-bond acceptors (Lipinski definition) is 5. The van der Waals surface area contributed by atoms with Crippen LogP contribution in [0.2, 0.25) is 0 Å². The van der Waals surface area contributed by atoms with Gasteiger partial charge in [0.1, 0.15) is 23.9 Å². The monoisotopic (exact) mass is 415 g/mol. The van der Waals surface area contributed by atoms with Crippen LogP contribution in [0.3, 0.4) is 0 Å². The maximum absolute atomic E-state index is 14.4. The fourth-order valence-corrected chi connectivity index (χ4v) is 4.41. The SMILES string of the molecule is N#CCC(=O)N[C@H]1CC[C@H](CCN2CCN(c3ccc(F)c(C#N)c3F)CC2)CC1. The first-order chi connectivity index (χ1) is 14.5. The Labute approximate surface area is 176 Å². The van der Waals surface area contributed by atoms with E-state index in [1.165, 1.54) is 6.07 Å². The summed E-state index contributed by atoms with van der Waals surface area (Å²) in [6, 6.07) is 6.23. The third kappa shape index (κ3) is 5.46. The van der Waals surface area contributed by atoms with Gasteiger partial charge in [-0.1, -0.05) is 0 Å². The number of piperazine rings is 1. The van der Waals surface area contributed by atoms with E-state index in [9.17, 15) is 13.6 Å². The van der Waals surface area contributed by atoms with Crippen LogP contribution >= 0.6 is 0 Å². The Morgan fingerprint density at radius 1 is 1.10 bits per heavy atom. The van der Waals surface area contributed by atoms with Gasteiger partial charge in [0.2, 0.25) is 5.91 Å². The number of hydrogen-bond donors (Lipinski definition) is 1. The molecule has 1 aliphatic heterocycles. The minimum atomic E-state index is -0.822. The summed E-state index contributed by atoms with van der Waals surface area (Å²) in [5, 5.41) is 20.4. The van der Waals surface area contributed by atoms with Crippen LogP contribution in [0.5, 0.6) is 0 Å². The smallest absolute Gasteiger partial charge is 0.234 e. The van der Waals surface area contributed by atoms with Crippen LogP contribution in [0.4, 0.5) is 14.5 Å². The van der Waals surface area contributed by atoms with Crippen molar-refractivity contribution in [2.75, 3.05) is 37.6 Å². The first-order valence-corrected chi connectivity index (χ1v) is 10.5. The Morgan fingerprint density at radius 2 is 1.80 bits per heavy atom. The van der Waals surface area contributed by atoms with Gasteiger partial charge >= 0.3 is 0 Å². The molecule has 160 valence electrons. The summed E-state index contributed by atoms with van der Waals surface area (Å²) in [6.45, 7) is 3.88. The van der Waals surface area contributed by atoms with Crippen molar-refractivity contribution < 1.29 is 13.6 Å². The topological polar surface area (TPSA) is 83.2 Å². The second-order valence-corrected chi connectivity index (χ2v) is 8.10. The molecule has 1 amide bonds. The van der Waals surface area contributed by atoms with Crippen molar-refractivity contribution in [2.45, 2.75) is 44.6 Å². The largest absolute Gasteiger partial charge is 0.367 e. The van der Waals surface area contributed by atoms with Gasteiger partial charge < -0.3 is 10.2 Å². The number of nitrogens with one attached hydrogen (secondary N) is 1. The van der Waals surface area contributed by atoms with E-state index in [4.69, 9.17) is 10.5 Å². The summed E-state index contributed by atoms with van der Waals surface area (Å²) in [7, 11) is 0. The van der Waals surface area contributed by atoms with Crippen LogP contribution < -0.4 is 10.2 Å². The van der Waals surface area contributed by atoms with Crippen molar-refractivity contribution in [2.24, 2.45) is 5.92 Å². The molecule has 1 aromatic carbocycles. The lowest BCUT2D eigenvalue weighted by Crippen LogP contribution is -2.47. The van der Waals surface area contributed by atoms with Gasteiger partial charge in [-0.15, -0.1) is 0 Å². The molecule has 0 aromatic heterocycles.